The number of carboxylic acid groups (broad SMARTS) is 1. The number of nitrogens with zero attached hydrogens (tertiary/aromatic N) is 3. The van der Waals surface area contributed by atoms with E-state index in [1.54, 1.807) is 7.05 Å². The van der Waals surface area contributed by atoms with Gasteiger partial charge in [-0.15, -0.1) is 0 Å². The summed E-state index contributed by atoms with van der Waals surface area (Å²) in [4.78, 5) is 13.7. The molecular formula is C5H6N3NaO2. The average Bonchev–Trinajstić information content (AvgIpc) is 2.13. The standard InChI is InChI=1S/C5H7N3O2.Na/c1-8-3-6-4(7-8)2-5(9)10;/h3H,2H2,1H3,(H,9,10);/q;+1/p-1. The average molecular weight is 163 g/mol. The molecule has 0 amide bonds. The third kappa shape index (κ3) is 3.50. The van der Waals surface area contributed by atoms with Crippen LogP contribution in [0.4, 0.5) is 0 Å². The summed E-state index contributed by atoms with van der Waals surface area (Å²) >= 11 is 0. The van der Waals surface area contributed by atoms with Crippen molar-refractivity contribution in [2.75, 3.05) is 0 Å². The zero-order chi connectivity index (χ0) is 7.56. The van der Waals surface area contributed by atoms with Crippen LogP contribution in [-0.2, 0) is 18.3 Å². The van der Waals surface area contributed by atoms with E-state index in [1.165, 1.54) is 11.0 Å². The van der Waals surface area contributed by atoms with Crippen LogP contribution < -0.4 is 34.7 Å². The van der Waals surface area contributed by atoms with Crippen LogP contribution in [0.1, 0.15) is 5.82 Å². The number of aliphatic carboxylic acids is 1. The van der Waals surface area contributed by atoms with Gasteiger partial charge in [-0.05, 0) is 0 Å². The summed E-state index contributed by atoms with van der Waals surface area (Å²) in [7, 11) is 1.67. The molecule has 5 nitrogen and oxygen atoms in total. The van der Waals surface area contributed by atoms with Crippen LogP contribution in [0.15, 0.2) is 6.33 Å². The topological polar surface area (TPSA) is 70.8 Å². The van der Waals surface area contributed by atoms with Gasteiger partial charge in [-0.1, -0.05) is 0 Å². The van der Waals surface area contributed by atoms with E-state index in [4.69, 9.17) is 0 Å². The Morgan fingerprint density at radius 1 is 1.82 bits per heavy atom. The SMILES string of the molecule is Cn1cnc(CC(=O)[O-])n1.[Na+]. The van der Waals surface area contributed by atoms with Gasteiger partial charge in [0.2, 0.25) is 0 Å². The minimum absolute atomic E-state index is 0. The molecule has 0 aliphatic rings. The molecule has 0 bridgehead atoms. The van der Waals surface area contributed by atoms with Crippen molar-refractivity contribution in [2.24, 2.45) is 7.05 Å². The van der Waals surface area contributed by atoms with Crippen LogP contribution in [0.2, 0.25) is 0 Å². The second-order valence-corrected chi connectivity index (χ2v) is 1.88. The van der Waals surface area contributed by atoms with Gasteiger partial charge < -0.3 is 9.90 Å². The third-order valence-electron chi connectivity index (χ3n) is 0.949. The normalized spacial score (nSPS) is 8.82. The summed E-state index contributed by atoms with van der Waals surface area (Å²) in [5.74, 6) is -0.881. The number of carbonyl (C=O) groups is 1. The maximum absolute atomic E-state index is 9.98. The van der Waals surface area contributed by atoms with E-state index in [-0.39, 0.29) is 41.8 Å². The largest absolute Gasteiger partial charge is 1.00 e. The molecule has 54 valence electrons. The Morgan fingerprint density at radius 2 is 2.45 bits per heavy atom. The van der Waals surface area contributed by atoms with Gasteiger partial charge in [0.15, 0.2) is 5.82 Å². The molecule has 1 aromatic rings. The number of aromatic nitrogens is 3. The fourth-order valence-electron chi connectivity index (χ4n) is 0.594. The molecule has 1 rings (SSSR count). The number of aryl methyl sites for hydroxylation is 1. The van der Waals surface area contributed by atoms with Crippen LogP contribution in [0.3, 0.4) is 0 Å². The second kappa shape index (κ2) is 4.48. The molecule has 0 aliphatic heterocycles. The Hall–Kier alpha value is -0.390. The van der Waals surface area contributed by atoms with E-state index >= 15 is 0 Å². The quantitative estimate of drug-likeness (QED) is 0.410. The van der Waals surface area contributed by atoms with Crippen molar-refractivity contribution in [3.63, 3.8) is 0 Å². The molecule has 6 heteroatoms. The predicted octanol–water partition coefficient (Wildman–Crippen LogP) is -4.89. The minimum atomic E-state index is -1.16. The molecule has 0 saturated carbocycles. The van der Waals surface area contributed by atoms with Crippen molar-refractivity contribution in [1.82, 2.24) is 14.8 Å². The van der Waals surface area contributed by atoms with E-state index < -0.39 is 5.97 Å². The summed E-state index contributed by atoms with van der Waals surface area (Å²) in [6, 6.07) is 0. The van der Waals surface area contributed by atoms with Gasteiger partial charge in [-0.2, -0.15) is 5.10 Å². The van der Waals surface area contributed by atoms with Crippen LogP contribution >= 0.6 is 0 Å². The summed E-state index contributed by atoms with van der Waals surface area (Å²) < 4.78 is 1.44. The van der Waals surface area contributed by atoms with Crippen molar-refractivity contribution in [3.05, 3.63) is 12.2 Å². The molecule has 0 atom stereocenters. The van der Waals surface area contributed by atoms with Crippen LogP contribution in [0.5, 0.6) is 0 Å². The summed E-state index contributed by atoms with van der Waals surface area (Å²) in [5.41, 5.74) is 0. The van der Waals surface area contributed by atoms with E-state index in [2.05, 4.69) is 10.1 Å². The minimum Gasteiger partial charge on any atom is -0.550 e. The van der Waals surface area contributed by atoms with Gasteiger partial charge in [-0.25, -0.2) is 4.98 Å². The van der Waals surface area contributed by atoms with E-state index in [1.807, 2.05) is 0 Å². The first kappa shape index (κ1) is 10.6. The Kier molecular flexibility index (Phi) is 4.32. The number of rotatable bonds is 2. The Morgan fingerprint density at radius 3 is 2.82 bits per heavy atom. The van der Waals surface area contributed by atoms with Crippen molar-refractivity contribution >= 4 is 5.97 Å². The first-order chi connectivity index (χ1) is 4.68. The zero-order valence-corrected chi connectivity index (χ0v) is 8.44. The summed E-state index contributed by atoms with van der Waals surface area (Å²) in [6.07, 6.45) is 1.22. The van der Waals surface area contributed by atoms with Crippen molar-refractivity contribution < 1.29 is 39.5 Å². The fraction of sp³-hybridized carbons (Fsp3) is 0.400. The number of carboxylic acids is 1. The fourth-order valence-corrected chi connectivity index (χ4v) is 0.594. The molecule has 0 radical (unpaired) electrons. The molecule has 11 heavy (non-hydrogen) atoms. The third-order valence-corrected chi connectivity index (χ3v) is 0.949. The van der Waals surface area contributed by atoms with Crippen molar-refractivity contribution in [1.29, 1.82) is 0 Å². The van der Waals surface area contributed by atoms with Crippen LogP contribution in [0.25, 0.3) is 0 Å². The van der Waals surface area contributed by atoms with Crippen molar-refractivity contribution in [3.8, 4) is 0 Å². The number of carbonyl (C=O) groups excluding carboxylic acids is 1. The first-order valence-corrected chi connectivity index (χ1v) is 2.73. The van der Waals surface area contributed by atoms with Gasteiger partial charge in [0.05, 0.1) is 0 Å². The predicted molar refractivity (Wildman–Crippen MR) is 29.7 cm³/mol. The van der Waals surface area contributed by atoms with Gasteiger partial charge in [-0.3, -0.25) is 4.68 Å². The van der Waals surface area contributed by atoms with E-state index in [9.17, 15) is 9.90 Å². The Labute approximate surface area is 85.7 Å². The van der Waals surface area contributed by atoms with Gasteiger partial charge in [0.1, 0.15) is 6.33 Å². The maximum atomic E-state index is 9.98. The second-order valence-electron chi connectivity index (χ2n) is 1.88. The maximum Gasteiger partial charge on any atom is 1.00 e. The van der Waals surface area contributed by atoms with Crippen LogP contribution in [-0.4, -0.2) is 20.7 Å². The molecular weight excluding hydrogens is 157 g/mol. The number of hydrogen-bond acceptors (Lipinski definition) is 4. The molecule has 1 heterocycles. The number of hydrogen-bond donors (Lipinski definition) is 0. The van der Waals surface area contributed by atoms with Crippen molar-refractivity contribution in [2.45, 2.75) is 6.42 Å². The molecule has 0 aliphatic carbocycles. The zero-order valence-electron chi connectivity index (χ0n) is 6.44. The Bertz CT molecular complexity index is 248. The van der Waals surface area contributed by atoms with Gasteiger partial charge in [0, 0.05) is 19.4 Å². The van der Waals surface area contributed by atoms with Gasteiger partial charge in [0.25, 0.3) is 0 Å². The Balaban J connectivity index is 0.000001000. The summed E-state index contributed by atoms with van der Waals surface area (Å²) in [6.45, 7) is 0. The smallest absolute Gasteiger partial charge is 0.550 e. The molecule has 0 fully saturated rings. The summed E-state index contributed by atoms with van der Waals surface area (Å²) in [5, 5.41) is 13.7. The molecule has 0 N–H and O–H groups in total. The first-order valence-electron chi connectivity index (χ1n) is 2.73. The molecule has 0 saturated heterocycles. The van der Waals surface area contributed by atoms with E-state index in [0.717, 1.165) is 0 Å². The van der Waals surface area contributed by atoms with Crippen LogP contribution in [0, 0.1) is 0 Å². The molecule has 0 unspecified atom stereocenters. The van der Waals surface area contributed by atoms with E-state index in [0.29, 0.717) is 0 Å². The van der Waals surface area contributed by atoms with Gasteiger partial charge >= 0.3 is 29.6 Å². The monoisotopic (exact) mass is 163 g/mol. The molecule has 0 spiro atoms. The molecule has 0 aromatic carbocycles. The molecule has 1 aromatic heterocycles.